The number of fused-ring (bicyclic) bond motifs is 1. The number of carbonyl (C=O) groups excluding carboxylic acids is 1. The molecule has 0 radical (unpaired) electrons. The van der Waals surface area contributed by atoms with Crippen molar-refractivity contribution >= 4 is 27.2 Å². The topological polar surface area (TPSA) is 65.4 Å². The number of methoxy groups -OCH3 is 1. The van der Waals surface area contributed by atoms with Crippen molar-refractivity contribution in [3.05, 3.63) is 58.8 Å². The quantitative estimate of drug-likeness (QED) is 0.643. The lowest BCUT2D eigenvalue weighted by Crippen LogP contribution is -2.14. The Hall–Kier alpha value is -2.60. The van der Waals surface area contributed by atoms with Crippen molar-refractivity contribution in [3.63, 3.8) is 0 Å². The van der Waals surface area contributed by atoms with Gasteiger partial charge in [-0.05, 0) is 50.6 Å². The van der Waals surface area contributed by atoms with E-state index in [1.165, 1.54) is 11.1 Å². The number of aromatic nitrogens is 1. The predicted octanol–water partition coefficient (Wildman–Crippen LogP) is 3.55. The number of aryl methyl sites for hydroxylation is 2. The molecule has 0 unspecified atom stereocenters. The van der Waals surface area contributed by atoms with Crippen molar-refractivity contribution < 1.29 is 17.9 Å². The van der Waals surface area contributed by atoms with Crippen LogP contribution in [0.15, 0.2) is 41.3 Å². The normalized spacial score (nSPS) is 11.7. The minimum absolute atomic E-state index is 0.162. The summed E-state index contributed by atoms with van der Waals surface area (Å²) in [6, 6.07) is 10.2. The van der Waals surface area contributed by atoms with E-state index in [1.54, 1.807) is 43.3 Å². The molecule has 3 rings (SSSR count). The zero-order valence-corrected chi connectivity index (χ0v) is 16.1. The van der Waals surface area contributed by atoms with Crippen LogP contribution < -0.4 is 4.74 Å². The van der Waals surface area contributed by atoms with E-state index in [2.05, 4.69) is 0 Å². The van der Waals surface area contributed by atoms with Crippen LogP contribution in [-0.2, 0) is 21.2 Å². The van der Waals surface area contributed by atoms with Gasteiger partial charge in [-0.15, -0.1) is 0 Å². The molecule has 0 saturated heterocycles. The average Bonchev–Trinajstić information content (AvgIpc) is 2.87. The van der Waals surface area contributed by atoms with Gasteiger partial charge in [-0.3, -0.25) is 0 Å². The fourth-order valence-corrected chi connectivity index (χ4v) is 4.92. The molecule has 0 N–H and O–H groups in total. The minimum Gasteiger partial charge on any atom is -0.496 e. The van der Waals surface area contributed by atoms with Crippen molar-refractivity contribution in [2.75, 3.05) is 7.11 Å². The van der Waals surface area contributed by atoms with Gasteiger partial charge in [-0.2, -0.15) is 0 Å². The highest BCUT2D eigenvalue weighted by molar-refractivity contribution is 7.90. The molecule has 0 aliphatic carbocycles. The van der Waals surface area contributed by atoms with Crippen LogP contribution in [0.25, 0.3) is 10.9 Å². The molecule has 0 saturated carbocycles. The maximum absolute atomic E-state index is 13.3. The van der Waals surface area contributed by atoms with Gasteiger partial charge in [0.1, 0.15) is 12.0 Å². The molecular formula is C20H21NO4S. The number of hydrogen-bond donors (Lipinski definition) is 0. The minimum atomic E-state index is -3.76. The number of benzene rings is 2. The van der Waals surface area contributed by atoms with Crippen LogP contribution in [0, 0.1) is 20.8 Å². The maximum atomic E-state index is 13.3. The Kier molecular flexibility index (Phi) is 4.63. The molecule has 136 valence electrons. The molecule has 0 aliphatic rings. The molecule has 1 aromatic heterocycles. The van der Waals surface area contributed by atoms with Gasteiger partial charge in [0.15, 0.2) is 0 Å². The van der Waals surface area contributed by atoms with Crippen LogP contribution >= 0.6 is 0 Å². The van der Waals surface area contributed by atoms with Gasteiger partial charge in [0.2, 0.25) is 0 Å². The Balaban J connectivity index is 2.37. The highest BCUT2D eigenvalue weighted by Gasteiger charge is 2.25. The summed E-state index contributed by atoms with van der Waals surface area (Å²) in [5.74, 6) is 0.581. The van der Waals surface area contributed by atoms with Gasteiger partial charge in [0, 0.05) is 23.1 Å². The number of carbonyl (C=O) groups is 1. The second-order valence-electron chi connectivity index (χ2n) is 6.30. The molecule has 26 heavy (non-hydrogen) atoms. The van der Waals surface area contributed by atoms with Crippen molar-refractivity contribution in [2.45, 2.75) is 32.1 Å². The third kappa shape index (κ3) is 2.70. The highest BCUT2D eigenvalue weighted by atomic mass is 32.2. The van der Waals surface area contributed by atoms with Crippen molar-refractivity contribution in [1.29, 1.82) is 0 Å². The maximum Gasteiger partial charge on any atom is 0.268 e. The molecule has 2 aromatic carbocycles. The number of ether oxygens (including phenoxy) is 1. The van der Waals surface area contributed by atoms with E-state index in [-0.39, 0.29) is 11.3 Å². The first-order chi connectivity index (χ1) is 12.3. The van der Waals surface area contributed by atoms with Gasteiger partial charge in [-0.25, -0.2) is 12.4 Å². The summed E-state index contributed by atoms with van der Waals surface area (Å²) in [5.41, 5.74) is 3.70. The van der Waals surface area contributed by atoms with Gasteiger partial charge in [0.25, 0.3) is 10.0 Å². The van der Waals surface area contributed by atoms with Crippen LogP contribution in [0.5, 0.6) is 5.75 Å². The Labute approximate surface area is 153 Å². The van der Waals surface area contributed by atoms with E-state index in [9.17, 15) is 13.2 Å². The Morgan fingerprint density at radius 2 is 1.69 bits per heavy atom. The van der Waals surface area contributed by atoms with Gasteiger partial charge in [0.05, 0.1) is 17.5 Å². The molecule has 0 atom stereocenters. The molecule has 5 nitrogen and oxygen atoms in total. The lowest BCUT2D eigenvalue weighted by atomic mass is 10.0. The summed E-state index contributed by atoms with van der Waals surface area (Å²) < 4.78 is 33.3. The monoisotopic (exact) mass is 371 g/mol. The van der Waals surface area contributed by atoms with Crippen molar-refractivity contribution in [3.8, 4) is 5.75 Å². The number of aldehydes is 1. The largest absolute Gasteiger partial charge is 0.496 e. The number of nitrogens with zero attached hydrogens (tertiary/aromatic N) is 1. The van der Waals surface area contributed by atoms with Crippen LogP contribution in [0.4, 0.5) is 0 Å². The second-order valence-corrected chi connectivity index (χ2v) is 8.09. The molecule has 3 aromatic rings. The van der Waals surface area contributed by atoms with E-state index in [1.807, 2.05) is 13.8 Å². The molecule has 1 heterocycles. The van der Waals surface area contributed by atoms with Gasteiger partial charge < -0.3 is 9.53 Å². The summed E-state index contributed by atoms with van der Waals surface area (Å²) in [7, 11) is -2.22. The SMILES string of the molecule is COc1ccc2c(c(C)c(C)n2S(=O)(=O)c2ccc(C)cc2)c1CC=O. The lowest BCUT2D eigenvalue weighted by molar-refractivity contribution is -0.107. The van der Waals surface area contributed by atoms with Crippen molar-refractivity contribution in [1.82, 2.24) is 3.97 Å². The first-order valence-electron chi connectivity index (χ1n) is 8.26. The fraction of sp³-hybridized carbons (Fsp3) is 0.250. The third-order valence-corrected chi connectivity index (χ3v) is 6.57. The molecular weight excluding hydrogens is 350 g/mol. The zero-order valence-electron chi connectivity index (χ0n) is 15.2. The summed E-state index contributed by atoms with van der Waals surface area (Å²) >= 11 is 0. The first kappa shape index (κ1) is 18.2. The standard InChI is InChI=1S/C20H21NO4S/c1-13-5-7-16(8-6-13)26(23,24)21-15(3)14(2)20-17(11-12-22)19(25-4)10-9-18(20)21/h5-10,12H,11H2,1-4H3. The molecule has 0 amide bonds. The van der Waals surface area contributed by atoms with E-state index in [0.717, 1.165) is 22.8 Å². The Bertz CT molecular complexity index is 1090. The summed E-state index contributed by atoms with van der Waals surface area (Å²) in [4.78, 5) is 11.4. The van der Waals surface area contributed by atoms with Crippen LogP contribution in [0.2, 0.25) is 0 Å². The molecule has 0 bridgehead atoms. The fourth-order valence-electron chi connectivity index (χ4n) is 3.32. The second kappa shape index (κ2) is 6.61. The first-order valence-corrected chi connectivity index (χ1v) is 9.70. The van der Waals surface area contributed by atoms with E-state index in [4.69, 9.17) is 4.74 Å². The number of hydrogen-bond acceptors (Lipinski definition) is 4. The van der Waals surface area contributed by atoms with Crippen LogP contribution in [-0.4, -0.2) is 25.8 Å². The van der Waals surface area contributed by atoms with E-state index >= 15 is 0 Å². The molecule has 6 heteroatoms. The average molecular weight is 371 g/mol. The van der Waals surface area contributed by atoms with Crippen LogP contribution in [0.1, 0.15) is 22.4 Å². The van der Waals surface area contributed by atoms with E-state index in [0.29, 0.717) is 22.5 Å². The predicted molar refractivity (Wildman–Crippen MR) is 101 cm³/mol. The Morgan fingerprint density at radius 3 is 2.27 bits per heavy atom. The Morgan fingerprint density at radius 1 is 1.04 bits per heavy atom. The lowest BCUT2D eigenvalue weighted by Gasteiger charge is -2.12. The summed E-state index contributed by atoms with van der Waals surface area (Å²) in [6.07, 6.45) is 0.966. The third-order valence-electron chi connectivity index (χ3n) is 4.76. The van der Waals surface area contributed by atoms with Gasteiger partial charge >= 0.3 is 0 Å². The summed E-state index contributed by atoms with van der Waals surface area (Å²) in [6.45, 7) is 5.56. The van der Waals surface area contributed by atoms with Crippen LogP contribution in [0.3, 0.4) is 0 Å². The smallest absolute Gasteiger partial charge is 0.268 e. The van der Waals surface area contributed by atoms with Crippen molar-refractivity contribution in [2.24, 2.45) is 0 Å². The summed E-state index contributed by atoms with van der Waals surface area (Å²) in [5, 5.41) is 0.754. The number of rotatable bonds is 5. The highest BCUT2D eigenvalue weighted by Crippen LogP contribution is 2.36. The van der Waals surface area contributed by atoms with Gasteiger partial charge in [-0.1, -0.05) is 17.7 Å². The van der Waals surface area contributed by atoms with E-state index < -0.39 is 10.0 Å². The zero-order chi connectivity index (χ0) is 19.1. The molecule has 0 fully saturated rings. The molecule has 0 aliphatic heterocycles. The molecule has 0 spiro atoms.